The minimum absolute atomic E-state index is 0.192. The van der Waals surface area contributed by atoms with Crippen LogP contribution in [0.2, 0.25) is 0 Å². The van der Waals surface area contributed by atoms with Gasteiger partial charge in [-0.3, -0.25) is 9.79 Å². The topological polar surface area (TPSA) is 65.5 Å². The third kappa shape index (κ3) is 5.02. The summed E-state index contributed by atoms with van der Waals surface area (Å²) in [6.45, 7) is 3.61. The lowest BCUT2D eigenvalue weighted by Crippen LogP contribution is -2.42. The first-order valence-corrected chi connectivity index (χ1v) is 7.93. The van der Waals surface area contributed by atoms with Crippen LogP contribution in [0, 0.1) is 11.8 Å². The normalized spacial score (nSPS) is 26.4. The SMILES string of the molecule is CN=C(NCCNC(=O)CC1CCCC1)NC1CC1C. The fourth-order valence-corrected chi connectivity index (χ4v) is 2.83. The smallest absolute Gasteiger partial charge is 0.220 e. The van der Waals surface area contributed by atoms with Gasteiger partial charge in [0.15, 0.2) is 5.96 Å². The first-order chi connectivity index (χ1) is 9.69. The number of carbonyl (C=O) groups is 1. The molecule has 0 bridgehead atoms. The molecule has 2 atom stereocenters. The van der Waals surface area contributed by atoms with Crippen LogP contribution in [0.5, 0.6) is 0 Å². The largest absolute Gasteiger partial charge is 0.355 e. The highest BCUT2D eigenvalue weighted by Crippen LogP contribution is 2.28. The summed E-state index contributed by atoms with van der Waals surface area (Å²) in [6, 6.07) is 0.568. The van der Waals surface area contributed by atoms with Crippen LogP contribution in [0.15, 0.2) is 4.99 Å². The first kappa shape index (κ1) is 15.1. The van der Waals surface area contributed by atoms with Crippen molar-refractivity contribution >= 4 is 11.9 Å². The molecule has 2 rings (SSSR count). The van der Waals surface area contributed by atoms with Crippen molar-refractivity contribution in [2.75, 3.05) is 20.1 Å². The van der Waals surface area contributed by atoms with Crippen LogP contribution >= 0.6 is 0 Å². The Morgan fingerprint density at radius 3 is 2.45 bits per heavy atom. The predicted molar refractivity (Wildman–Crippen MR) is 81.7 cm³/mol. The Labute approximate surface area is 122 Å². The van der Waals surface area contributed by atoms with Crippen molar-refractivity contribution < 1.29 is 4.79 Å². The van der Waals surface area contributed by atoms with Gasteiger partial charge in [0.05, 0.1) is 0 Å². The minimum atomic E-state index is 0.192. The van der Waals surface area contributed by atoms with E-state index in [4.69, 9.17) is 0 Å². The summed E-state index contributed by atoms with van der Waals surface area (Å²) in [5, 5.41) is 9.58. The second kappa shape index (κ2) is 7.50. The molecule has 2 aliphatic rings. The fourth-order valence-electron chi connectivity index (χ4n) is 2.83. The molecule has 2 saturated carbocycles. The molecule has 0 aromatic rings. The minimum Gasteiger partial charge on any atom is -0.355 e. The lowest BCUT2D eigenvalue weighted by atomic mass is 10.0. The van der Waals surface area contributed by atoms with Gasteiger partial charge in [-0.05, 0) is 31.1 Å². The molecule has 0 spiro atoms. The van der Waals surface area contributed by atoms with Crippen LogP contribution in [0.4, 0.5) is 0 Å². The predicted octanol–water partition coefficient (Wildman–Crippen LogP) is 1.26. The van der Waals surface area contributed by atoms with Crippen molar-refractivity contribution in [1.29, 1.82) is 0 Å². The van der Waals surface area contributed by atoms with Crippen LogP contribution < -0.4 is 16.0 Å². The van der Waals surface area contributed by atoms with E-state index >= 15 is 0 Å². The molecule has 20 heavy (non-hydrogen) atoms. The molecule has 5 heteroatoms. The highest BCUT2D eigenvalue weighted by atomic mass is 16.1. The molecule has 0 radical (unpaired) electrons. The number of nitrogens with zero attached hydrogens (tertiary/aromatic N) is 1. The van der Waals surface area contributed by atoms with Crippen LogP contribution in [0.25, 0.3) is 0 Å². The standard InChI is InChI=1S/C15H28N4O/c1-11-9-13(11)19-15(16-2)18-8-7-17-14(20)10-12-5-3-4-6-12/h11-13H,3-10H2,1-2H3,(H,17,20)(H2,16,18,19). The number of rotatable bonds is 6. The second-order valence-electron chi connectivity index (χ2n) is 6.17. The lowest BCUT2D eigenvalue weighted by Gasteiger charge is -2.13. The second-order valence-corrected chi connectivity index (χ2v) is 6.17. The highest BCUT2D eigenvalue weighted by molar-refractivity contribution is 5.80. The maximum absolute atomic E-state index is 11.8. The van der Waals surface area contributed by atoms with E-state index in [2.05, 4.69) is 27.9 Å². The van der Waals surface area contributed by atoms with Crippen LogP contribution in [0.3, 0.4) is 0 Å². The van der Waals surface area contributed by atoms with Crippen molar-refractivity contribution in [1.82, 2.24) is 16.0 Å². The average Bonchev–Trinajstić information content (AvgIpc) is 2.90. The van der Waals surface area contributed by atoms with E-state index in [0.29, 0.717) is 24.9 Å². The Morgan fingerprint density at radius 2 is 1.85 bits per heavy atom. The van der Waals surface area contributed by atoms with Crippen molar-refractivity contribution in [2.45, 2.75) is 51.5 Å². The van der Waals surface area contributed by atoms with E-state index in [1.54, 1.807) is 7.05 Å². The Bertz CT molecular complexity index is 350. The molecule has 0 aromatic carbocycles. The van der Waals surface area contributed by atoms with E-state index in [-0.39, 0.29) is 5.91 Å². The summed E-state index contributed by atoms with van der Waals surface area (Å²) in [6.07, 6.45) is 6.96. The summed E-state index contributed by atoms with van der Waals surface area (Å²) in [4.78, 5) is 15.9. The molecule has 0 heterocycles. The zero-order valence-electron chi connectivity index (χ0n) is 12.7. The van der Waals surface area contributed by atoms with Gasteiger partial charge in [0, 0.05) is 32.6 Å². The number of guanidine groups is 1. The summed E-state index contributed by atoms with van der Waals surface area (Å²) in [7, 11) is 1.78. The molecular formula is C15H28N4O. The Kier molecular flexibility index (Phi) is 5.68. The van der Waals surface area contributed by atoms with E-state index in [0.717, 1.165) is 18.4 Å². The molecule has 2 fully saturated rings. The Hall–Kier alpha value is -1.26. The molecule has 0 saturated heterocycles. The summed E-state index contributed by atoms with van der Waals surface area (Å²) in [5.74, 6) is 2.40. The molecule has 0 aliphatic heterocycles. The van der Waals surface area contributed by atoms with Crippen LogP contribution in [-0.4, -0.2) is 38.0 Å². The van der Waals surface area contributed by atoms with Crippen LogP contribution in [0.1, 0.15) is 45.4 Å². The van der Waals surface area contributed by atoms with Crippen molar-refractivity contribution in [2.24, 2.45) is 16.8 Å². The van der Waals surface area contributed by atoms with Gasteiger partial charge in [-0.1, -0.05) is 19.8 Å². The van der Waals surface area contributed by atoms with Gasteiger partial charge in [-0.15, -0.1) is 0 Å². The van der Waals surface area contributed by atoms with E-state index < -0.39 is 0 Å². The van der Waals surface area contributed by atoms with Crippen molar-refractivity contribution in [3.05, 3.63) is 0 Å². The highest BCUT2D eigenvalue weighted by Gasteiger charge is 2.33. The quantitative estimate of drug-likeness (QED) is 0.390. The molecular weight excluding hydrogens is 252 g/mol. The van der Waals surface area contributed by atoms with Gasteiger partial charge in [0.25, 0.3) is 0 Å². The van der Waals surface area contributed by atoms with Crippen LogP contribution in [-0.2, 0) is 4.79 Å². The van der Waals surface area contributed by atoms with Gasteiger partial charge in [0.1, 0.15) is 0 Å². The zero-order valence-corrected chi connectivity index (χ0v) is 12.7. The maximum Gasteiger partial charge on any atom is 0.220 e. The van der Waals surface area contributed by atoms with Gasteiger partial charge in [0.2, 0.25) is 5.91 Å². The first-order valence-electron chi connectivity index (χ1n) is 7.93. The van der Waals surface area contributed by atoms with Crippen molar-refractivity contribution in [3.63, 3.8) is 0 Å². The monoisotopic (exact) mass is 280 g/mol. The van der Waals surface area contributed by atoms with E-state index in [1.165, 1.54) is 32.1 Å². The maximum atomic E-state index is 11.8. The van der Waals surface area contributed by atoms with E-state index in [1.807, 2.05) is 0 Å². The van der Waals surface area contributed by atoms with Gasteiger partial charge < -0.3 is 16.0 Å². The van der Waals surface area contributed by atoms with Gasteiger partial charge in [-0.2, -0.15) is 0 Å². The lowest BCUT2D eigenvalue weighted by molar-refractivity contribution is -0.121. The number of amides is 1. The van der Waals surface area contributed by atoms with Gasteiger partial charge in [-0.25, -0.2) is 0 Å². The summed E-state index contributed by atoms with van der Waals surface area (Å²) < 4.78 is 0. The zero-order chi connectivity index (χ0) is 14.4. The molecule has 0 aromatic heterocycles. The van der Waals surface area contributed by atoms with Crippen molar-refractivity contribution in [3.8, 4) is 0 Å². The third-order valence-electron chi connectivity index (χ3n) is 4.34. The molecule has 3 N–H and O–H groups in total. The number of hydrogen-bond donors (Lipinski definition) is 3. The Balaban J connectivity index is 1.52. The summed E-state index contributed by atoms with van der Waals surface area (Å²) >= 11 is 0. The third-order valence-corrected chi connectivity index (χ3v) is 4.34. The number of carbonyl (C=O) groups excluding carboxylic acids is 1. The molecule has 5 nitrogen and oxygen atoms in total. The van der Waals surface area contributed by atoms with Gasteiger partial charge >= 0.3 is 0 Å². The Morgan fingerprint density at radius 1 is 1.20 bits per heavy atom. The number of aliphatic imine (C=N–C) groups is 1. The molecule has 114 valence electrons. The molecule has 1 amide bonds. The number of hydrogen-bond acceptors (Lipinski definition) is 2. The average molecular weight is 280 g/mol. The fraction of sp³-hybridized carbons (Fsp3) is 0.867. The molecule has 2 unspecified atom stereocenters. The summed E-state index contributed by atoms with van der Waals surface area (Å²) in [5.41, 5.74) is 0. The number of nitrogens with one attached hydrogen (secondary N) is 3. The molecule has 2 aliphatic carbocycles. The van der Waals surface area contributed by atoms with E-state index in [9.17, 15) is 4.79 Å².